The molecule has 12 aromatic rings. The fourth-order valence-electron chi connectivity index (χ4n) is 10.3. The Morgan fingerprint density at radius 3 is 1.70 bits per heavy atom. The molecule has 0 fully saturated rings. The van der Waals surface area contributed by atoms with Gasteiger partial charge in [-0.1, -0.05) is 190 Å². The number of fused-ring (bicyclic) bond motifs is 9. The highest BCUT2D eigenvalue weighted by Gasteiger charge is 2.35. The first-order valence-electron chi connectivity index (χ1n) is 22.5. The molecule has 0 unspecified atom stereocenters. The first-order valence-corrected chi connectivity index (χ1v) is 22.5. The number of hydrogen-bond donors (Lipinski definition) is 0. The summed E-state index contributed by atoms with van der Waals surface area (Å²) in [5.74, 6) is 1.85. The number of pyridine rings is 1. The van der Waals surface area contributed by atoms with Crippen LogP contribution in [0, 0.1) is 0 Å². The van der Waals surface area contributed by atoms with E-state index in [0.29, 0.717) is 17.5 Å². The molecule has 0 bridgehead atoms. The summed E-state index contributed by atoms with van der Waals surface area (Å²) in [6.45, 7) is 4.61. The van der Waals surface area contributed by atoms with Crippen molar-refractivity contribution >= 4 is 43.6 Å². The predicted octanol–water partition coefficient (Wildman–Crippen LogP) is 15.8. The maximum atomic E-state index is 6.75. The first-order chi connectivity index (χ1) is 32.5. The Morgan fingerprint density at radius 2 is 0.909 bits per heavy atom. The van der Waals surface area contributed by atoms with Gasteiger partial charge in [0.25, 0.3) is 0 Å². The van der Waals surface area contributed by atoms with Crippen molar-refractivity contribution in [2.24, 2.45) is 0 Å². The molecule has 9 aromatic carbocycles. The van der Waals surface area contributed by atoms with Gasteiger partial charge in [0.05, 0.1) is 11.2 Å². The molecule has 0 radical (unpaired) electrons. The molecule has 0 aliphatic heterocycles. The van der Waals surface area contributed by atoms with E-state index in [0.717, 1.165) is 88.3 Å². The third-order valence-corrected chi connectivity index (χ3v) is 13.5. The Balaban J connectivity index is 1.04. The number of nitrogens with zero attached hydrogens (tertiary/aromatic N) is 4. The van der Waals surface area contributed by atoms with Crippen molar-refractivity contribution in [3.63, 3.8) is 0 Å². The van der Waals surface area contributed by atoms with Crippen molar-refractivity contribution in [3.8, 4) is 78.8 Å². The molecule has 1 aliphatic carbocycles. The van der Waals surface area contributed by atoms with E-state index in [4.69, 9.17) is 24.4 Å². The van der Waals surface area contributed by atoms with E-state index in [1.807, 2.05) is 30.3 Å². The van der Waals surface area contributed by atoms with Crippen molar-refractivity contribution < 1.29 is 4.42 Å². The second-order valence-corrected chi connectivity index (χ2v) is 17.8. The maximum absolute atomic E-state index is 6.75. The average Bonchev–Trinajstić information content (AvgIpc) is 3.87. The van der Waals surface area contributed by atoms with E-state index >= 15 is 0 Å². The van der Waals surface area contributed by atoms with Gasteiger partial charge in [0.2, 0.25) is 0 Å². The Labute approximate surface area is 381 Å². The van der Waals surface area contributed by atoms with Crippen LogP contribution >= 0.6 is 0 Å². The summed E-state index contributed by atoms with van der Waals surface area (Å²) in [6, 6.07) is 72.5. The molecule has 0 spiro atoms. The van der Waals surface area contributed by atoms with Gasteiger partial charge in [-0.25, -0.2) is 19.9 Å². The molecule has 5 nitrogen and oxygen atoms in total. The van der Waals surface area contributed by atoms with E-state index in [1.54, 1.807) is 0 Å². The summed E-state index contributed by atoms with van der Waals surface area (Å²) in [7, 11) is 0. The minimum Gasteiger partial charge on any atom is -0.456 e. The molecule has 0 amide bonds. The first kappa shape index (κ1) is 38.0. The van der Waals surface area contributed by atoms with Crippen LogP contribution in [0.1, 0.15) is 25.0 Å². The molecule has 5 heteroatoms. The highest BCUT2D eigenvalue weighted by Crippen LogP contribution is 2.50. The molecule has 66 heavy (non-hydrogen) atoms. The third-order valence-electron chi connectivity index (χ3n) is 13.5. The van der Waals surface area contributed by atoms with Gasteiger partial charge in [-0.15, -0.1) is 0 Å². The summed E-state index contributed by atoms with van der Waals surface area (Å²) in [5, 5.41) is 5.31. The van der Waals surface area contributed by atoms with Crippen LogP contribution in [0.5, 0.6) is 0 Å². The largest absolute Gasteiger partial charge is 0.456 e. The average molecular weight is 845 g/mol. The van der Waals surface area contributed by atoms with Gasteiger partial charge in [0.1, 0.15) is 11.2 Å². The van der Waals surface area contributed by atoms with Crippen LogP contribution < -0.4 is 0 Å². The lowest BCUT2D eigenvalue weighted by atomic mass is 9.82. The lowest BCUT2D eigenvalue weighted by molar-refractivity contribution is 0.660. The Bertz CT molecular complexity index is 3890. The van der Waals surface area contributed by atoms with Gasteiger partial charge in [0, 0.05) is 60.2 Å². The van der Waals surface area contributed by atoms with Crippen molar-refractivity contribution in [1.29, 1.82) is 0 Å². The van der Waals surface area contributed by atoms with Gasteiger partial charge < -0.3 is 4.42 Å². The van der Waals surface area contributed by atoms with Crippen LogP contribution in [-0.4, -0.2) is 19.9 Å². The summed E-state index contributed by atoms with van der Waals surface area (Å²) < 4.78 is 6.75. The summed E-state index contributed by atoms with van der Waals surface area (Å²) in [5.41, 5.74) is 16.7. The van der Waals surface area contributed by atoms with Gasteiger partial charge in [0.15, 0.2) is 17.5 Å². The van der Waals surface area contributed by atoms with Gasteiger partial charge in [-0.3, -0.25) is 0 Å². The van der Waals surface area contributed by atoms with Gasteiger partial charge >= 0.3 is 0 Å². The number of rotatable bonds is 6. The lowest BCUT2D eigenvalue weighted by Crippen LogP contribution is -2.15. The van der Waals surface area contributed by atoms with E-state index in [2.05, 4.69) is 190 Å². The zero-order chi connectivity index (χ0) is 43.9. The van der Waals surface area contributed by atoms with E-state index in [9.17, 15) is 0 Å². The molecule has 0 saturated carbocycles. The maximum Gasteiger partial charge on any atom is 0.164 e. The minimum absolute atomic E-state index is 0.166. The Morgan fingerprint density at radius 1 is 0.348 bits per heavy atom. The van der Waals surface area contributed by atoms with Crippen LogP contribution in [0.4, 0.5) is 0 Å². The molecule has 0 atom stereocenters. The Hall–Kier alpha value is -8.54. The molecule has 3 aromatic heterocycles. The standard InChI is InChI=1S/C61H40N4O/c1-61(2)49-25-12-9-22-44(49)45-33-32-43(35-50(45)61)60-64-58(40-18-7-4-8-19-40)63-59(65-60)42-21-15-20-41(34-42)54-55-46-23-10-13-26-51(46)62-57(39-30-28-38(29-31-39)37-16-5-3-6-17-37)48(55)36-53-56(54)47-24-11-14-27-52(47)66-53/h3-36H,1-2H3. The fraction of sp³-hybridized carbons (Fsp3) is 0.0492. The van der Waals surface area contributed by atoms with E-state index in [-0.39, 0.29) is 5.41 Å². The smallest absolute Gasteiger partial charge is 0.164 e. The monoisotopic (exact) mass is 844 g/mol. The molecule has 0 N–H and O–H groups in total. The molecular weight excluding hydrogens is 805 g/mol. The van der Waals surface area contributed by atoms with Crippen LogP contribution in [0.3, 0.4) is 0 Å². The fourth-order valence-corrected chi connectivity index (χ4v) is 10.3. The van der Waals surface area contributed by atoms with E-state index < -0.39 is 0 Å². The van der Waals surface area contributed by atoms with Crippen molar-refractivity contribution in [1.82, 2.24) is 19.9 Å². The minimum atomic E-state index is -0.166. The van der Waals surface area contributed by atoms with Crippen LogP contribution in [0.15, 0.2) is 211 Å². The zero-order valence-corrected chi connectivity index (χ0v) is 36.3. The summed E-state index contributed by atoms with van der Waals surface area (Å²) in [6.07, 6.45) is 0. The van der Waals surface area contributed by atoms with Gasteiger partial charge in [-0.05, 0) is 69.3 Å². The zero-order valence-electron chi connectivity index (χ0n) is 36.3. The number of furan rings is 1. The third kappa shape index (κ3) is 6.01. The quantitative estimate of drug-likeness (QED) is 0.156. The number of hydrogen-bond acceptors (Lipinski definition) is 5. The normalized spacial score (nSPS) is 12.8. The highest BCUT2D eigenvalue weighted by atomic mass is 16.3. The second kappa shape index (κ2) is 14.8. The molecular formula is C61H40N4O. The second-order valence-electron chi connectivity index (χ2n) is 17.8. The highest BCUT2D eigenvalue weighted by molar-refractivity contribution is 6.27. The van der Waals surface area contributed by atoms with Crippen LogP contribution in [-0.2, 0) is 5.41 Å². The Kier molecular flexibility index (Phi) is 8.49. The molecule has 310 valence electrons. The SMILES string of the molecule is CC1(C)c2ccccc2-c2ccc(-c3nc(-c4ccccc4)nc(-c4cccc(-c5c6c(cc7c(-c8ccc(-c9ccccc9)cc8)nc8ccccc8c57)oc5ccccc56)c4)n3)cc21. The van der Waals surface area contributed by atoms with Crippen LogP contribution in [0.2, 0.25) is 0 Å². The van der Waals surface area contributed by atoms with Crippen molar-refractivity contribution in [2.75, 3.05) is 0 Å². The molecule has 13 rings (SSSR count). The summed E-state index contributed by atoms with van der Waals surface area (Å²) in [4.78, 5) is 21.1. The predicted molar refractivity (Wildman–Crippen MR) is 270 cm³/mol. The van der Waals surface area contributed by atoms with Crippen LogP contribution in [0.25, 0.3) is 122 Å². The van der Waals surface area contributed by atoms with Gasteiger partial charge in [-0.2, -0.15) is 0 Å². The lowest BCUT2D eigenvalue weighted by Gasteiger charge is -2.21. The van der Waals surface area contributed by atoms with E-state index in [1.165, 1.54) is 27.8 Å². The summed E-state index contributed by atoms with van der Waals surface area (Å²) >= 11 is 0. The molecule has 3 heterocycles. The van der Waals surface area contributed by atoms with Crippen molar-refractivity contribution in [2.45, 2.75) is 19.3 Å². The number of aromatic nitrogens is 4. The number of benzene rings is 9. The molecule has 0 saturated heterocycles. The van der Waals surface area contributed by atoms with Crippen molar-refractivity contribution in [3.05, 3.63) is 217 Å². The topological polar surface area (TPSA) is 64.7 Å². The molecule has 1 aliphatic rings. The number of para-hydroxylation sites is 2.